The third-order valence-corrected chi connectivity index (χ3v) is 3.32. The lowest BCUT2D eigenvalue weighted by atomic mass is 10.0. The average Bonchev–Trinajstić information content (AvgIpc) is 2.46. The summed E-state index contributed by atoms with van der Waals surface area (Å²) in [5.74, 6) is 0.0867. The van der Waals surface area contributed by atoms with E-state index in [4.69, 9.17) is 16.2 Å². The van der Waals surface area contributed by atoms with Crippen molar-refractivity contribution in [2.75, 3.05) is 7.11 Å². The zero-order chi connectivity index (χ0) is 16.7. The fourth-order valence-corrected chi connectivity index (χ4v) is 2.11. The summed E-state index contributed by atoms with van der Waals surface area (Å²) in [4.78, 5) is 23.6. The van der Waals surface area contributed by atoms with Gasteiger partial charge in [0.15, 0.2) is 0 Å². The molecule has 0 heterocycles. The van der Waals surface area contributed by atoms with Gasteiger partial charge in [-0.2, -0.15) is 0 Å². The van der Waals surface area contributed by atoms with E-state index in [0.29, 0.717) is 18.8 Å². The van der Waals surface area contributed by atoms with E-state index in [0.717, 1.165) is 11.3 Å². The number of amides is 2. The zero-order valence-electron chi connectivity index (χ0n) is 13.3. The van der Waals surface area contributed by atoms with Crippen LogP contribution < -0.4 is 21.5 Å². The molecule has 0 bridgehead atoms. The second kappa shape index (κ2) is 8.38. The molecule has 122 valence electrons. The van der Waals surface area contributed by atoms with Gasteiger partial charge in [-0.1, -0.05) is 26.0 Å². The number of rotatable bonds is 8. The van der Waals surface area contributed by atoms with Gasteiger partial charge in [0.05, 0.1) is 13.2 Å². The minimum atomic E-state index is -0.779. The van der Waals surface area contributed by atoms with E-state index in [1.54, 1.807) is 19.2 Å². The van der Waals surface area contributed by atoms with Gasteiger partial charge < -0.3 is 21.5 Å². The van der Waals surface area contributed by atoms with E-state index in [2.05, 4.69) is 5.32 Å². The highest BCUT2D eigenvalue weighted by molar-refractivity contribution is 5.89. The van der Waals surface area contributed by atoms with Gasteiger partial charge in [-0.05, 0) is 30.0 Å². The van der Waals surface area contributed by atoms with Crippen LogP contribution in [-0.2, 0) is 16.0 Å². The quantitative estimate of drug-likeness (QED) is 0.653. The fourth-order valence-electron chi connectivity index (χ4n) is 2.11. The lowest BCUT2D eigenvalue weighted by molar-refractivity contribution is -0.128. The van der Waals surface area contributed by atoms with Gasteiger partial charge in [-0.15, -0.1) is 0 Å². The number of primary amides is 1. The van der Waals surface area contributed by atoms with E-state index >= 15 is 0 Å². The van der Waals surface area contributed by atoms with E-state index in [-0.39, 0.29) is 5.91 Å². The van der Waals surface area contributed by atoms with Gasteiger partial charge in [-0.3, -0.25) is 9.59 Å². The smallest absolute Gasteiger partial charge is 0.240 e. The summed E-state index contributed by atoms with van der Waals surface area (Å²) in [6.45, 7) is 3.96. The molecule has 6 heteroatoms. The van der Waals surface area contributed by atoms with Crippen LogP contribution in [0.4, 0.5) is 0 Å². The zero-order valence-corrected chi connectivity index (χ0v) is 13.3. The summed E-state index contributed by atoms with van der Waals surface area (Å²) in [6.07, 6.45) is 0.874. The third kappa shape index (κ3) is 5.73. The van der Waals surface area contributed by atoms with Gasteiger partial charge in [-0.25, -0.2) is 0 Å². The molecule has 0 radical (unpaired) electrons. The van der Waals surface area contributed by atoms with Crippen LogP contribution in [-0.4, -0.2) is 31.0 Å². The molecule has 0 aliphatic heterocycles. The van der Waals surface area contributed by atoms with Gasteiger partial charge in [0.25, 0.3) is 0 Å². The molecule has 1 aromatic carbocycles. The van der Waals surface area contributed by atoms with E-state index < -0.39 is 18.0 Å². The standard InChI is InChI=1S/C16H25N3O3/c1-10(2)8-13(17)16(21)19-14(15(18)20)9-11-4-6-12(22-3)7-5-11/h4-7,10,13-14H,8-9,17H2,1-3H3,(H2,18,20)(H,19,21)/t13-,14+/m0/s1. The summed E-state index contributed by atoms with van der Waals surface area (Å²) in [6, 6.07) is 5.82. The van der Waals surface area contributed by atoms with Crippen molar-refractivity contribution in [3.8, 4) is 5.75 Å². The molecular weight excluding hydrogens is 282 g/mol. The second-order valence-electron chi connectivity index (χ2n) is 5.75. The Bertz CT molecular complexity index is 500. The Balaban J connectivity index is 2.68. The molecule has 2 atom stereocenters. The third-order valence-electron chi connectivity index (χ3n) is 3.32. The molecule has 0 aliphatic carbocycles. The molecule has 0 saturated heterocycles. The Morgan fingerprint density at radius 2 is 1.82 bits per heavy atom. The molecule has 0 fully saturated rings. The first-order valence-electron chi connectivity index (χ1n) is 7.31. The predicted molar refractivity (Wildman–Crippen MR) is 85.3 cm³/mol. The van der Waals surface area contributed by atoms with Crippen LogP contribution in [0.1, 0.15) is 25.8 Å². The number of carbonyl (C=O) groups is 2. The highest BCUT2D eigenvalue weighted by atomic mass is 16.5. The number of hydrogen-bond donors (Lipinski definition) is 3. The number of benzene rings is 1. The van der Waals surface area contributed by atoms with E-state index in [1.807, 2.05) is 26.0 Å². The molecule has 0 saturated carbocycles. The van der Waals surface area contributed by atoms with Gasteiger partial charge in [0, 0.05) is 6.42 Å². The molecule has 6 nitrogen and oxygen atoms in total. The van der Waals surface area contributed by atoms with E-state index in [9.17, 15) is 9.59 Å². The van der Waals surface area contributed by atoms with Crippen molar-refractivity contribution in [3.05, 3.63) is 29.8 Å². The average molecular weight is 307 g/mol. The fraction of sp³-hybridized carbons (Fsp3) is 0.500. The molecule has 5 N–H and O–H groups in total. The van der Waals surface area contributed by atoms with Crippen molar-refractivity contribution in [1.29, 1.82) is 0 Å². The molecular formula is C16H25N3O3. The number of hydrogen-bond acceptors (Lipinski definition) is 4. The number of nitrogens with two attached hydrogens (primary N) is 2. The molecule has 0 unspecified atom stereocenters. The summed E-state index contributed by atoms with van der Waals surface area (Å²) in [5.41, 5.74) is 12.1. The Hall–Kier alpha value is -2.08. The first-order chi connectivity index (χ1) is 10.3. The molecule has 0 aliphatic rings. The monoisotopic (exact) mass is 307 g/mol. The largest absolute Gasteiger partial charge is 0.497 e. The Morgan fingerprint density at radius 1 is 1.23 bits per heavy atom. The van der Waals surface area contributed by atoms with Crippen molar-refractivity contribution in [1.82, 2.24) is 5.32 Å². The minimum absolute atomic E-state index is 0.300. The number of carbonyl (C=O) groups excluding carboxylic acids is 2. The van der Waals surface area contributed by atoms with Gasteiger partial charge >= 0.3 is 0 Å². The van der Waals surface area contributed by atoms with Crippen LogP contribution in [0.3, 0.4) is 0 Å². The Kier molecular flexibility index (Phi) is 6.85. The summed E-state index contributed by atoms with van der Waals surface area (Å²) < 4.78 is 5.08. The minimum Gasteiger partial charge on any atom is -0.497 e. The van der Waals surface area contributed by atoms with Crippen molar-refractivity contribution < 1.29 is 14.3 Å². The highest BCUT2D eigenvalue weighted by Gasteiger charge is 2.22. The lowest BCUT2D eigenvalue weighted by Crippen LogP contribution is -2.51. The van der Waals surface area contributed by atoms with Crippen molar-refractivity contribution in [3.63, 3.8) is 0 Å². The predicted octanol–water partition coefficient (Wildman–Crippen LogP) is 0.581. The van der Waals surface area contributed by atoms with Crippen LogP contribution in [0.5, 0.6) is 5.75 Å². The molecule has 0 spiro atoms. The second-order valence-corrected chi connectivity index (χ2v) is 5.75. The first kappa shape index (κ1) is 18.0. The summed E-state index contributed by atoms with van der Waals surface area (Å²) >= 11 is 0. The van der Waals surface area contributed by atoms with Crippen LogP contribution in [0.2, 0.25) is 0 Å². The Labute approximate surface area is 131 Å². The molecule has 1 rings (SSSR count). The lowest BCUT2D eigenvalue weighted by Gasteiger charge is -2.19. The molecule has 22 heavy (non-hydrogen) atoms. The summed E-state index contributed by atoms with van der Waals surface area (Å²) in [7, 11) is 1.58. The number of nitrogens with one attached hydrogen (secondary N) is 1. The van der Waals surface area contributed by atoms with Crippen molar-refractivity contribution >= 4 is 11.8 Å². The van der Waals surface area contributed by atoms with Gasteiger partial charge in [0.1, 0.15) is 11.8 Å². The van der Waals surface area contributed by atoms with Crippen LogP contribution in [0.15, 0.2) is 24.3 Å². The highest BCUT2D eigenvalue weighted by Crippen LogP contribution is 2.13. The first-order valence-corrected chi connectivity index (χ1v) is 7.31. The topological polar surface area (TPSA) is 107 Å². The maximum absolute atomic E-state index is 12.0. The van der Waals surface area contributed by atoms with Crippen LogP contribution >= 0.6 is 0 Å². The van der Waals surface area contributed by atoms with Crippen LogP contribution in [0.25, 0.3) is 0 Å². The van der Waals surface area contributed by atoms with Crippen LogP contribution in [0, 0.1) is 5.92 Å². The van der Waals surface area contributed by atoms with Gasteiger partial charge in [0.2, 0.25) is 11.8 Å². The summed E-state index contributed by atoms with van der Waals surface area (Å²) in [5, 5.41) is 2.63. The van der Waals surface area contributed by atoms with Crippen molar-refractivity contribution in [2.24, 2.45) is 17.4 Å². The molecule has 1 aromatic rings. The van der Waals surface area contributed by atoms with Crippen molar-refractivity contribution in [2.45, 2.75) is 38.8 Å². The molecule has 2 amide bonds. The van der Waals surface area contributed by atoms with E-state index in [1.165, 1.54) is 0 Å². The maximum atomic E-state index is 12.0. The Morgan fingerprint density at radius 3 is 2.27 bits per heavy atom. The maximum Gasteiger partial charge on any atom is 0.240 e. The SMILES string of the molecule is COc1ccc(C[C@@H](NC(=O)[C@@H](N)CC(C)C)C(N)=O)cc1. The number of methoxy groups -OCH3 is 1. The number of ether oxygens (including phenoxy) is 1. The molecule has 0 aromatic heterocycles. The normalized spacial score (nSPS) is 13.5.